The Bertz CT molecular complexity index is 876. The molecule has 0 saturated carbocycles. The minimum Gasteiger partial charge on any atom is -0.477 e. The molecule has 0 aromatic heterocycles. The molecule has 6 heteroatoms. The topological polar surface area (TPSA) is 72.5 Å². The van der Waals surface area contributed by atoms with E-state index in [2.05, 4.69) is 4.72 Å². The molecule has 1 heterocycles. The molecule has 132 valence electrons. The van der Waals surface area contributed by atoms with Crippen LogP contribution in [0.2, 0.25) is 0 Å². The summed E-state index contributed by atoms with van der Waals surface area (Å²) >= 11 is 0. The van der Waals surface area contributed by atoms with Gasteiger partial charge in [-0.15, -0.1) is 0 Å². The number of rotatable bonds is 4. The molecule has 0 spiro atoms. The summed E-state index contributed by atoms with van der Waals surface area (Å²) in [7, 11) is -3.94. The molecule has 1 amide bonds. The Hall–Kier alpha value is -2.34. The second kappa shape index (κ2) is 6.19. The molecule has 1 N–H and O–H groups in total. The second-order valence-electron chi connectivity index (χ2n) is 6.78. The van der Waals surface area contributed by atoms with Gasteiger partial charge in [-0.1, -0.05) is 44.2 Å². The van der Waals surface area contributed by atoms with Gasteiger partial charge in [0, 0.05) is 6.42 Å². The lowest BCUT2D eigenvalue weighted by atomic mass is 9.99. The van der Waals surface area contributed by atoms with Gasteiger partial charge in [-0.2, -0.15) is 0 Å². The summed E-state index contributed by atoms with van der Waals surface area (Å²) in [5, 5.41) is 0. The summed E-state index contributed by atoms with van der Waals surface area (Å²) in [6.07, 6.45) is 0.330. The van der Waals surface area contributed by atoms with Gasteiger partial charge >= 0.3 is 0 Å². The maximum Gasteiger partial charge on any atom is 0.277 e. The largest absolute Gasteiger partial charge is 0.477 e. The molecule has 3 rings (SSSR count). The maximum absolute atomic E-state index is 12.6. The lowest BCUT2D eigenvalue weighted by molar-refractivity contribution is -0.132. The van der Waals surface area contributed by atoms with E-state index in [1.807, 2.05) is 32.0 Å². The predicted molar refractivity (Wildman–Crippen MR) is 95.0 cm³/mol. The van der Waals surface area contributed by atoms with E-state index < -0.39 is 21.5 Å². The van der Waals surface area contributed by atoms with E-state index in [-0.39, 0.29) is 4.90 Å². The first-order valence-electron chi connectivity index (χ1n) is 8.15. The SMILES string of the molecule is CC(C)c1ccc(S(=O)(=O)NC(=O)C2(C)Cc3ccccc3O2)cc1. The summed E-state index contributed by atoms with van der Waals surface area (Å²) in [5.74, 6) is 0.242. The van der Waals surface area contributed by atoms with Gasteiger partial charge in [-0.3, -0.25) is 4.79 Å². The zero-order valence-corrected chi connectivity index (χ0v) is 15.3. The van der Waals surface area contributed by atoms with Gasteiger partial charge in [-0.05, 0) is 42.2 Å². The van der Waals surface area contributed by atoms with Crippen molar-refractivity contribution in [3.8, 4) is 5.75 Å². The minimum atomic E-state index is -3.94. The first-order valence-corrected chi connectivity index (χ1v) is 9.64. The number of hydrogen-bond acceptors (Lipinski definition) is 4. The third kappa shape index (κ3) is 3.39. The number of benzene rings is 2. The Labute approximate surface area is 148 Å². The van der Waals surface area contributed by atoms with Gasteiger partial charge in [0.25, 0.3) is 15.9 Å². The van der Waals surface area contributed by atoms with E-state index >= 15 is 0 Å². The molecule has 0 aliphatic carbocycles. The molecular weight excluding hydrogens is 338 g/mol. The molecule has 0 radical (unpaired) electrons. The molecule has 2 aromatic carbocycles. The standard InChI is InChI=1S/C19H21NO4S/c1-13(2)14-8-10-16(11-9-14)25(22,23)20-18(21)19(3)12-15-6-4-5-7-17(15)24-19/h4-11,13H,12H2,1-3H3,(H,20,21). The van der Waals surface area contributed by atoms with E-state index in [0.717, 1.165) is 11.1 Å². The summed E-state index contributed by atoms with van der Waals surface area (Å²) in [5.41, 5.74) is 0.680. The molecule has 0 saturated heterocycles. The fourth-order valence-electron chi connectivity index (χ4n) is 2.84. The van der Waals surface area contributed by atoms with E-state index in [9.17, 15) is 13.2 Å². The van der Waals surface area contributed by atoms with Crippen LogP contribution in [-0.4, -0.2) is 19.9 Å². The highest BCUT2D eigenvalue weighted by Gasteiger charge is 2.43. The fraction of sp³-hybridized carbons (Fsp3) is 0.316. The van der Waals surface area contributed by atoms with Gasteiger partial charge in [0.1, 0.15) is 5.75 Å². The smallest absolute Gasteiger partial charge is 0.277 e. The lowest BCUT2D eigenvalue weighted by Crippen LogP contribution is -2.49. The second-order valence-corrected chi connectivity index (χ2v) is 8.46. The van der Waals surface area contributed by atoms with Gasteiger partial charge in [0.2, 0.25) is 0 Å². The summed E-state index contributed by atoms with van der Waals surface area (Å²) in [6, 6.07) is 13.9. The van der Waals surface area contributed by atoms with Crippen LogP contribution in [0, 0.1) is 0 Å². The molecule has 0 bridgehead atoms. The Morgan fingerprint density at radius 1 is 1.12 bits per heavy atom. The number of carbonyl (C=O) groups is 1. The lowest BCUT2D eigenvalue weighted by Gasteiger charge is -2.22. The summed E-state index contributed by atoms with van der Waals surface area (Å²) in [4.78, 5) is 12.6. The van der Waals surface area contributed by atoms with Crippen LogP contribution in [0.15, 0.2) is 53.4 Å². The number of nitrogens with one attached hydrogen (secondary N) is 1. The van der Waals surface area contributed by atoms with Crippen LogP contribution < -0.4 is 9.46 Å². The fourth-order valence-corrected chi connectivity index (χ4v) is 3.91. The summed E-state index contributed by atoms with van der Waals surface area (Å²) < 4.78 is 32.9. The first-order chi connectivity index (χ1) is 11.7. The van der Waals surface area contributed by atoms with Crippen LogP contribution >= 0.6 is 0 Å². The molecular formula is C19H21NO4S. The van der Waals surface area contributed by atoms with E-state index in [4.69, 9.17) is 4.74 Å². The van der Waals surface area contributed by atoms with Crippen LogP contribution in [-0.2, 0) is 21.2 Å². The Morgan fingerprint density at radius 3 is 2.36 bits per heavy atom. The molecule has 25 heavy (non-hydrogen) atoms. The number of ether oxygens (including phenoxy) is 1. The van der Waals surface area contributed by atoms with Gasteiger partial charge in [0.15, 0.2) is 5.60 Å². The van der Waals surface area contributed by atoms with E-state index in [1.165, 1.54) is 12.1 Å². The number of para-hydroxylation sites is 1. The molecule has 0 fully saturated rings. The zero-order valence-electron chi connectivity index (χ0n) is 14.4. The van der Waals surface area contributed by atoms with Crippen molar-refractivity contribution in [1.82, 2.24) is 4.72 Å². The van der Waals surface area contributed by atoms with Gasteiger partial charge in [-0.25, -0.2) is 13.1 Å². The molecule has 1 aliphatic heterocycles. The molecule has 1 aliphatic rings. The highest BCUT2D eigenvalue weighted by molar-refractivity contribution is 7.90. The monoisotopic (exact) mass is 359 g/mol. The number of carbonyl (C=O) groups excluding carboxylic acids is 1. The average molecular weight is 359 g/mol. The Balaban J connectivity index is 1.78. The van der Waals surface area contributed by atoms with Gasteiger partial charge in [0.05, 0.1) is 4.90 Å². The first kappa shape index (κ1) is 17.5. The van der Waals surface area contributed by atoms with E-state index in [0.29, 0.717) is 18.1 Å². The highest BCUT2D eigenvalue weighted by Crippen LogP contribution is 2.35. The van der Waals surface area contributed by atoms with Crippen molar-refractivity contribution in [3.05, 3.63) is 59.7 Å². The van der Waals surface area contributed by atoms with Gasteiger partial charge < -0.3 is 4.74 Å². The normalized spacial score (nSPS) is 19.4. The van der Waals surface area contributed by atoms with Crippen molar-refractivity contribution in [2.75, 3.05) is 0 Å². The average Bonchev–Trinajstić information content (AvgIpc) is 2.92. The van der Waals surface area contributed by atoms with Crippen molar-refractivity contribution in [2.45, 2.75) is 43.6 Å². The van der Waals surface area contributed by atoms with Crippen molar-refractivity contribution in [3.63, 3.8) is 0 Å². The number of amides is 1. The van der Waals surface area contributed by atoms with Crippen molar-refractivity contribution >= 4 is 15.9 Å². The molecule has 5 nitrogen and oxygen atoms in total. The molecule has 1 unspecified atom stereocenters. The Kier molecular flexibility index (Phi) is 4.33. The highest BCUT2D eigenvalue weighted by atomic mass is 32.2. The zero-order chi connectivity index (χ0) is 18.2. The number of sulfonamides is 1. The van der Waals surface area contributed by atoms with Crippen LogP contribution in [0.3, 0.4) is 0 Å². The van der Waals surface area contributed by atoms with Crippen molar-refractivity contribution in [2.24, 2.45) is 0 Å². The Morgan fingerprint density at radius 2 is 1.76 bits per heavy atom. The van der Waals surface area contributed by atoms with Crippen molar-refractivity contribution in [1.29, 1.82) is 0 Å². The summed E-state index contributed by atoms with van der Waals surface area (Å²) in [6.45, 7) is 5.65. The van der Waals surface area contributed by atoms with Crippen LogP contribution in [0.4, 0.5) is 0 Å². The predicted octanol–water partition coefficient (Wildman–Crippen LogP) is 3.01. The van der Waals surface area contributed by atoms with Crippen molar-refractivity contribution < 1.29 is 17.9 Å². The maximum atomic E-state index is 12.6. The third-order valence-corrected chi connectivity index (χ3v) is 5.75. The number of hydrogen-bond donors (Lipinski definition) is 1. The molecule has 2 aromatic rings. The molecule has 1 atom stereocenters. The van der Waals surface area contributed by atoms with E-state index in [1.54, 1.807) is 25.1 Å². The van der Waals surface area contributed by atoms with Crippen LogP contribution in [0.25, 0.3) is 0 Å². The minimum absolute atomic E-state index is 0.0596. The van der Waals surface area contributed by atoms with Crippen LogP contribution in [0.1, 0.15) is 37.8 Å². The quantitative estimate of drug-likeness (QED) is 0.911. The number of fused-ring (bicyclic) bond motifs is 1. The third-order valence-electron chi connectivity index (χ3n) is 4.40. The van der Waals surface area contributed by atoms with Crippen LogP contribution in [0.5, 0.6) is 5.75 Å².